The molecule has 2 N–H and O–H groups in total. The SMILES string of the molecule is COC(=O)C(C(=O)OC)[C@H](C)[C@@H](NC(=O)c1cccnc1)C(=O)O. The molecule has 0 bridgehead atoms. The van der Waals surface area contributed by atoms with Gasteiger partial charge in [-0.15, -0.1) is 0 Å². The molecule has 0 fully saturated rings. The molecule has 1 aromatic heterocycles. The molecule has 0 aliphatic rings. The number of hydrogen-bond donors (Lipinski definition) is 2. The minimum atomic E-state index is -1.51. The molecular weight excluding hydrogens is 320 g/mol. The summed E-state index contributed by atoms with van der Waals surface area (Å²) in [6.07, 6.45) is 2.72. The highest BCUT2D eigenvalue weighted by Crippen LogP contribution is 2.20. The first-order valence-electron chi connectivity index (χ1n) is 6.92. The molecule has 0 unspecified atom stereocenters. The summed E-state index contributed by atoms with van der Waals surface area (Å²) in [7, 11) is 2.13. The lowest BCUT2D eigenvalue weighted by Crippen LogP contribution is -2.50. The van der Waals surface area contributed by atoms with Crippen molar-refractivity contribution in [3.8, 4) is 0 Å². The van der Waals surface area contributed by atoms with Gasteiger partial charge in [0.05, 0.1) is 19.8 Å². The van der Waals surface area contributed by atoms with Gasteiger partial charge in [0.15, 0.2) is 5.92 Å². The molecule has 130 valence electrons. The van der Waals surface area contributed by atoms with Crippen molar-refractivity contribution in [2.75, 3.05) is 14.2 Å². The summed E-state index contributed by atoms with van der Waals surface area (Å²) >= 11 is 0. The van der Waals surface area contributed by atoms with Crippen molar-refractivity contribution in [2.45, 2.75) is 13.0 Å². The molecule has 1 amide bonds. The van der Waals surface area contributed by atoms with Crippen LogP contribution >= 0.6 is 0 Å². The summed E-state index contributed by atoms with van der Waals surface area (Å²) < 4.78 is 9.04. The number of nitrogens with one attached hydrogen (secondary N) is 1. The highest BCUT2D eigenvalue weighted by molar-refractivity contribution is 5.98. The molecule has 2 atom stereocenters. The van der Waals surface area contributed by atoms with E-state index in [1.807, 2.05) is 0 Å². The third-order valence-electron chi connectivity index (χ3n) is 3.44. The van der Waals surface area contributed by atoms with Gasteiger partial charge in [0.25, 0.3) is 5.91 Å². The second kappa shape index (κ2) is 8.61. The fraction of sp³-hybridized carbons (Fsp3) is 0.400. The van der Waals surface area contributed by atoms with E-state index in [1.165, 1.54) is 31.5 Å². The lowest BCUT2D eigenvalue weighted by molar-refractivity contribution is -0.162. The summed E-state index contributed by atoms with van der Waals surface area (Å²) in [4.78, 5) is 51.0. The van der Waals surface area contributed by atoms with E-state index in [9.17, 15) is 24.3 Å². The Kier molecular flexibility index (Phi) is 6.84. The molecule has 0 aliphatic heterocycles. The summed E-state index contributed by atoms with van der Waals surface area (Å²) in [5.74, 6) is -6.60. The van der Waals surface area contributed by atoms with E-state index in [-0.39, 0.29) is 5.56 Å². The average Bonchev–Trinajstić information content (AvgIpc) is 2.59. The summed E-state index contributed by atoms with van der Waals surface area (Å²) in [5, 5.41) is 11.6. The Morgan fingerprint density at radius 3 is 2.17 bits per heavy atom. The number of aromatic nitrogens is 1. The molecule has 1 heterocycles. The zero-order valence-corrected chi connectivity index (χ0v) is 13.4. The van der Waals surface area contributed by atoms with Crippen LogP contribution in [-0.4, -0.2) is 54.2 Å². The third kappa shape index (κ3) is 4.51. The van der Waals surface area contributed by atoms with Crippen molar-refractivity contribution in [3.63, 3.8) is 0 Å². The number of ether oxygens (including phenoxy) is 2. The van der Waals surface area contributed by atoms with Crippen LogP contribution in [0.4, 0.5) is 0 Å². The van der Waals surface area contributed by atoms with Gasteiger partial charge in [0.2, 0.25) is 0 Å². The highest BCUT2D eigenvalue weighted by Gasteiger charge is 2.42. The van der Waals surface area contributed by atoms with Crippen LogP contribution in [0.3, 0.4) is 0 Å². The average molecular weight is 338 g/mol. The van der Waals surface area contributed by atoms with E-state index < -0.39 is 41.7 Å². The number of carboxylic acid groups (broad SMARTS) is 1. The van der Waals surface area contributed by atoms with Gasteiger partial charge in [-0.25, -0.2) is 4.79 Å². The number of nitrogens with zero attached hydrogens (tertiary/aromatic N) is 1. The first-order chi connectivity index (χ1) is 11.3. The van der Waals surface area contributed by atoms with Crippen LogP contribution in [0.1, 0.15) is 17.3 Å². The van der Waals surface area contributed by atoms with Crippen LogP contribution in [0.15, 0.2) is 24.5 Å². The zero-order valence-electron chi connectivity index (χ0n) is 13.4. The number of pyridine rings is 1. The molecule has 0 saturated heterocycles. The van der Waals surface area contributed by atoms with Gasteiger partial charge >= 0.3 is 17.9 Å². The van der Waals surface area contributed by atoms with Gasteiger partial charge in [-0.3, -0.25) is 19.4 Å². The maximum Gasteiger partial charge on any atom is 0.326 e. The van der Waals surface area contributed by atoms with Gasteiger partial charge < -0.3 is 19.9 Å². The van der Waals surface area contributed by atoms with Gasteiger partial charge in [-0.2, -0.15) is 0 Å². The number of carbonyl (C=O) groups excluding carboxylic acids is 3. The predicted octanol–water partition coefficient (Wildman–Crippen LogP) is -0.137. The zero-order chi connectivity index (χ0) is 18.3. The number of esters is 2. The van der Waals surface area contributed by atoms with E-state index in [0.717, 1.165) is 14.2 Å². The van der Waals surface area contributed by atoms with E-state index >= 15 is 0 Å². The van der Waals surface area contributed by atoms with E-state index in [0.29, 0.717) is 0 Å². The fourth-order valence-corrected chi connectivity index (χ4v) is 2.11. The molecule has 0 aromatic carbocycles. The largest absolute Gasteiger partial charge is 0.480 e. The second-order valence-electron chi connectivity index (χ2n) is 4.91. The van der Waals surface area contributed by atoms with Crippen LogP contribution in [0.5, 0.6) is 0 Å². The maximum absolute atomic E-state index is 12.1. The van der Waals surface area contributed by atoms with E-state index in [2.05, 4.69) is 19.8 Å². The van der Waals surface area contributed by atoms with E-state index in [1.54, 1.807) is 0 Å². The van der Waals surface area contributed by atoms with Gasteiger partial charge in [0.1, 0.15) is 6.04 Å². The minimum absolute atomic E-state index is 0.142. The molecule has 1 aromatic rings. The monoisotopic (exact) mass is 338 g/mol. The third-order valence-corrected chi connectivity index (χ3v) is 3.44. The summed E-state index contributed by atoms with van der Waals surface area (Å²) in [5.41, 5.74) is 0.142. The van der Waals surface area contributed by atoms with Crippen molar-refractivity contribution < 1.29 is 33.8 Å². The van der Waals surface area contributed by atoms with Crippen LogP contribution in [-0.2, 0) is 23.9 Å². The summed E-state index contributed by atoms with van der Waals surface area (Å²) in [6.45, 7) is 1.33. The van der Waals surface area contributed by atoms with Crippen molar-refractivity contribution in [1.82, 2.24) is 10.3 Å². The number of hydrogen-bond acceptors (Lipinski definition) is 7. The lowest BCUT2D eigenvalue weighted by atomic mass is 9.87. The number of amides is 1. The Morgan fingerprint density at radius 2 is 1.75 bits per heavy atom. The Hall–Kier alpha value is -2.97. The minimum Gasteiger partial charge on any atom is -0.480 e. The first kappa shape index (κ1) is 19.1. The Morgan fingerprint density at radius 1 is 1.17 bits per heavy atom. The Labute approximate surface area is 138 Å². The number of methoxy groups -OCH3 is 2. The Bertz CT molecular complexity index is 602. The quantitative estimate of drug-likeness (QED) is 0.519. The standard InChI is InChI=1S/C15H18N2O7/c1-8(10(14(21)23-2)15(22)24-3)11(13(19)20)17-12(18)9-5-4-6-16-7-9/h4-8,10-11H,1-3H3,(H,17,18)(H,19,20)/t8-,11+/m0/s1. The van der Waals surface area contributed by atoms with Crippen LogP contribution < -0.4 is 5.32 Å². The van der Waals surface area contributed by atoms with Gasteiger partial charge in [-0.05, 0) is 12.1 Å². The first-order valence-corrected chi connectivity index (χ1v) is 6.92. The lowest BCUT2D eigenvalue weighted by Gasteiger charge is -2.25. The highest BCUT2D eigenvalue weighted by atomic mass is 16.5. The smallest absolute Gasteiger partial charge is 0.326 e. The molecule has 1 rings (SSSR count). The predicted molar refractivity (Wildman–Crippen MR) is 79.8 cm³/mol. The normalized spacial score (nSPS) is 12.8. The number of aliphatic carboxylic acids is 1. The van der Waals surface area contributed by atoms with Crippen LogP contribution in [0.25, 0.3) is 0 Å². The molecule has 0 aliphatic carbocycles. The van der Waals surface area contributed by atoms with Crippen LogP contribution in [0, 0.1) is 11.8 Å². The van der Waals surface area contributed by atoms with Crippen LogP contribution in [0.2, 0.25) is 0 Å². The van der Waals surface area contributed by atoms with Crippen molar-refractivity contribution in [2.24, 2.45) is 11.8 Å². The van der Waals surface area contributed by atoms with Crippen molar-refractivity contribution in [3.05, 3.63) is 30.1 Å². The molecule has 0 saturated carbocycles. The summed E-state index contributed by atoms with van der Waals surface area (Å²) in [6, 6.07) is 1.45. The molecule has 24 heavy (non-hydrogen) atoms. The van der Waals surface area contributed by atoms with Gasteiger partial charge in [-0.1, -0.05) is 6.92 Å². The number of rotatable bonds is 7. The molecule has 0 radical (unpaired) electrons. The molecule has 9 heteroatoms. The fourth-order valence-electron chi connectivity index (χ4n) is 2.11. The van der Waals surface area contributed by atoms with E-state index in [4.69, 9.17) is 0 Å². The van der Waals surface area contributed by atoms with Gasteiger partial charge in [0, 0.05) is 18.3 Å². The molecular formula is C15H18N2O7. The Balaban J connectivity index is 3.04. The van der Waals surface area contributed by atoms with Crippen molar-refractivity contribution >= 4 is 23.8 Å². The molecule has 9 nitrogen and oxygen atoms in total. The number of carboxylic acids is 1. The second-order valence-corrected chi connectivity index (χ2v) is 4.91. The topological polar surface area (TPSA) is 132 Å². The van der Waals surface area contributed by atoms with Crippen molar-refractivity contribution in [1.29, 1.82) is 0 Å². The maximum atomic E-state index is 12.1. The molecule has 0 spiro atoms. The number of carbonyl (C=O) groups is 4.